The summed E-state index contributed by atoms with van der Waals surface area (Å²) in [6.07, 6.45) is 7.58. The molecule has 1 aliphatic carbocycles. The zero-order valence-electron chi connectivity index (χ0n) is 11.4. The zero-order valence-corrected chi connectivity index (χ0v) is 11.4. The van der Waals surface area contributed by atoms with E-state index in [1.807, 2.05) is 13.8 Å². The highest BCUT2D eigenvalue weighted by Crippen LogP contribution is 2.42. The topological polar surface area (TPSA) is 20.2 Å². The average molecular weight is 222 g/mol. The summed E-state index contributed by atoms with van der Waals surface area (Å²) in [5.74, 6) is 0.488. The van der Waals surface area contributed by atoms with E-state index in [1.165, 1.54) is 18.4 Å². The standard InChI is InChI=1S/C15H26O/c1-6-14(16)12(3)10-13-11(2)8-7-9-15(13,4)5/h8,10,13-14,16H,6-7,9H2,1-5H3. The normalized spacial score (nSPS) is 27.5. The highest BCUT2D eigenvalue weighted by Gasteiger charge is 2.31. The monoisotopic (exact) mass is 222 g/mol. The van der Waals surface area contributed by atoms with E-state index in [1.54, 1.807) is 0 Å². The van der Waals surface area contributed by atoms with Crippen molar-refractivity contribution < 1.29 is 5.11 Å². The van der Waals surface area contributed by atoms with Crippen molar-refractivity contribution in [2.45, 2.75) is 60.0 Å². The lowest BCUT2D eigenvalue weighted by Crippen LogP contribution is -2.27. The van der Waals surface area contributed by atoms with Crippen LogP contribution < -0.4 is 0 Å². The summed E-state index contributed by atoms with van der Waals surface area (Å²) in [6.45, 7) is 10.9. The Kier molecular flexibility index (Phi) is 4.37. The van der Waals surface area contributed by atoms with Gasteiger partial charge in [0.2, 0.25) is 0 Å². The maximum absolute atomic E-state index is 9.83. The second-order valence-electron chi connectivity index (χ2n) is 5.79. The van der Waals surface area contributed by atoms with E-state index in [0.29, 0.717) is 11.3 Å². The van der Waals surface area contributed by atoms with Gasteiger partial charge < -0.3 is 5.11 Å². The molecule has 2 atom stereocenters. The van der Waals surface area contributed by atoms with Crippen LogP contribution in [0.1, 0.15) is 53.9 Å². The van der Waals surface area contributed by atoms with Crippen LogP contribution in [-0.2, 0) is 0 Å². The van der Waals surface area contributed by atoms with Crippen LogP contribution in [0.25, 0.3) is 0 Å². The van der Waals surface area contributed by atoms with E-state index in [-0.39, 0.29) is 6.10 Å². The molecule has 1 heteroatoms. The van der Waals surface area contributed by atoms with Crippen LogP contribution in [0, 0.1) is 11.3 Å². The van der Waals surface area contributed by atoms with Crippen molar-refractivity contribution in [1.29, 1.82) is 0 Å². The molecular formula is C15H26O. The Hall–Kier alpha value is -0.560. The molecule has 0 aromatic rings. The molecule has 0 heterocycles. The van der Waals surface area contributed by atoms with Crippen LogP contribution in [0.4, 0.5) is 0 Å². The molecule has 1 aliphatic rings. The number of hydrogen-bond donors (Lipinski definition) is 1. The number of hydrogen-bond acceptors (Lipinski definition) is 1. The van der Waals surface area contributed by atoms with Crippen LogP contribution in [-0.4, -0.2) is 11.2 Å². The second-order valence-corrected chi connectivity index (χ2v) is 5.79. The molecule has 0 spiro atoms. The molecular weight excluding hydrogens is 196 g/mol. The third-order valence-electron chi connectivity index (χ3n) is 3.93. The summed E-state index contributed by atoms with van der Waals surface area (Å²) in [4.78, 5) is 0. The van der Waals surface area contributed by atoms with Crippen LogP contribution >= 0.6 is 0 Å². The molecule has 0 aromatic heterocycles. The fraction of sp³-hybridized carbons (Fsp3) is 0.733. The van der Waals surface area contributed by atoms with Gasteiger partial charge in [0.05, 0.1) is 6.10 Å². The van der Waals surface area contributed by atoms with E-state index in [4.69, 9.17) is 0 Å². The SMILES string of the molecule is CCC(O)C(C)=CC1C(C)=CCCC1(C)C. The van der Waals surface area contributed by atoms with Gasteiger partial charge in [0.1, 0.15) is 0 Å². The fourth-order valence-corrected chi connectivity index (χ4v) is 2.62. The van der Waals surface area contributed by atoms with Crippen molar-refractivity contribution in [2.75, 3.05) is 0 Å². The van der Waals surface area contributed by atoms with Crippen LogP contribution in [0.15, 0.2) is 23.3 Å². The molecule has 0 saturated heterocycles. The third-order valence-corrected chi connectivity index (χ3v) is 3.93. The summed E-state index contributed by atoms with van der Waals surface area (Å²) in [6, 6.07) is 0. The lowest BCUT2D eigenvalue weighted by molar-refractivity contribution is 0.201. The maximum atomic E-state index is 9.83. The van der Waals surface area contributed by atoms with E-state index >= 15 is 0 Å². The van der Waals surface area contributed by atoms with Gasteiger partial charge in [0.15, 0.2) is 0 Å². The van der Waals surface area contributed by atoms with Gasteiger partial charge in [-0.2, -0.15) is 0 Å². The molecule has 0 fully saturated rings. The van der Waals surface area contributed by atoms with Gasteiger partial charge in [-0.3, -0.25) is 0 Å². The fourth-order valence-electron chi connectivity index (χ4n) is 2.62. The van der Waals surface area contributed by atoms with Crippen molar-refractivity contribution >= 4 is 0 Å². The third kappa shape index (κ3) is 2.98. The van der Waals surface area contributed by atoms with Crippen molar-refractivity contribution in [3.05, 3.63) is 23.3 Å². The molecule has 2 unspecified atom stereocenters. The Morgan fingerprint density at radius 1 is 1.62 bits per heavy atom. The summed E-state index contributed by atoms with van der Waals surface area (Å²) >= 11 is 0. The van der Waals surface area contributed by atoms with Gasteiger partial charge in [0.25, 0.3) is 0 Å². The van der Waals surface area contributed by atoms with E-state index in [2.05, 4.69) is 32.9 Å². The van der Waals surface area contributed by atoms with Crippen LogP contribution in [0.2, 0.25) is 0 Å². The maximum Gasteiger partial charge on any atom is 0.0745 e. The molecule has 16 heavy (non-hydrogen) atoms. The molecule has 0 aliphatic heterocycles. The summed E-state index contributed by atoms with van der Waals surface area (Å²) in [7, 11) is 0. The van der Waals surface area contributed by atoms with Crippen molar-refractivity contribution in [3.63, 3.8) is 0 Å². The van der Waals surface area contributed by atoms with Crippen molar-refractivity contribution in [2.24, 2.45) is 11.3 Å². The first kappa shape index (κ1) is 13.5. The first-order valence-electron chi connectivity index (χ1n) is 6.41. The molecule has 1 N–H and O–H groups in total. The molecule has 92 valence electrons. The lowest BCUT2D eigenvalue weighted by Gasteiger charge is -2.37. The van der Waals surface area contributed by atoms with E-state index < -0.39 is 0 Å². The molecule has 0 saturated carbocycles. The van der Waals surface area contributed by atoms with Gasteiger partial charge in [-0.1, -0.05) is 38.5 Å². The quantitative estimate of drug-likeness (QED) is 0.713. The Balaban J connectivity index is 2.92. The number of aliphatic hydroxyl groups is 1. The zero-order chi connectivity index (χ0) is 12.3. The van der Waals surface area contributed by atoms with E-state index in [0.717, 1.165) is 12.0 Å². The molecule has 0 radical (unpaired) electrons. The number of allylic oxidation sites excluding steroid dienone is 3. The predicted molar refractivity (Wildman–Crippen MR) is 70.3 cm³/mol. The predicted octanol–water partition coefficient (Wildman–Crippen LogP) is 4.09. The first-order chi connectivity index (χ1) is 7.38. The molecule has 0 bridgehead atoms. The van der Waals surface area contributed by atoms with Gasteiger partial charge in [0, 0.05) is 5.92 Å². The summed E-state index contributed by atoms with van der Waals surface area (Å²) in [5.41, 5.74) is 2.90. The van der Waals surface area contributed by atoms with Crippen LogP contribution in [0.3, 0.4) is 0 Å². The smallest absolute Gasteiger partial charge is 0.0745 e. The van der Waals surface area contributed by atoms with Gasteiger partial charge in [-0.25, -0.2) is 0 Å². The van der Waals surface area contributed by atoms with Gasteiger partial charge in [-0.15, -0.1) is 0 Å². The molecule has 1 nitrogen and oxygen atoms in total. The minimum Gasteiger partial charge on any atom is -0.389 e. The minimum absolute atomic E-state index is 0.273. The Labute approximate surface area is 100 Å². The van der Waals surface area contributed by atoms with Gasteiger partial charge >= 0.3 is 0 Å². The first-order valence-corrected chi connectivity index (χ1v) is 6.41. The summed E-state index contributed by atoms with van der Waals surface area (Å²) < 4.78 is 0. The number of rotatable bonds is 3. The Bertz CT molecular complexity index is 297. The van der Waals surface area contributed by atoms with E-state index in [9.17, 15) is 5.11 Å². The number of aliphatic hydroxyl groups excluding tert-OH is 1. The summed E-state index contributed by atoms with van der Waals surface area (Å²) in [5, 5.41) is 9.83. The minimum atomic E-state index is -0.273. The average Bonchev–Trinajstić information content (AvgIpc) is 2.21. The van der Waals surface area contributed by atoms with Crippen LogP contribution in [0.5, 0.6) is 0 Å². The van der Waals surface area contributed by atoms with Gasteiger partial charge in [-0.05, 0) is 44.1 Å². The second kappa shape index (κ2) is 5.18. The lowest BCUT2D eigenvalue weighted by atomic mass is 9.68. The Morgan fingerprint density at radius 2 is 2.25 bits per heavy atom. The largest absolute Gasteiger partial charge is 0.389 e. The highest BCUT2D eigenvalue weighted by atomic mass is 16.3. The van der Waals surface area contributed by atoms with Crippen molar-refractivity contribution in [1.82, 2.24) is 0 Å². The molecule has 1 rings (SSSR count). The Morgan fingerprint density at radius 3 is 2.75 bits per heavy atom. The molecule has 0 aromatic carbocycles. The molecule has 0 amide bonds. The highest BCUT2D eigenvalue weighted by molar-refractivity contribution is 5.22. The van der Waals surface area contributed by atoms with Crippen molar-refractivity contribution in [3.8, 4) is 0 Å².